The molecule has 0 nitrogen and oxygen atoms in total. The topological polar surface area (TPSA) is 0 Å². The van der Waals surface area contributed by atoms with Gasteiger partial charge in [0.25, 0.3) is 0 Å². The van der Waals surface area contributed by atoms with E-state index >= 15 is 0 Å². The minimum Gasteiger partial charge on any atom is -0.135 e. The van der Waals surface area contributed by atoms with E-state index in [2.05, 4.69) is 166 Å². The summed E-state index contributed by atoms with van der Waals surface area (Å²) in [6.07, 6.45) is 2.13. The number of thiophene rings is 1. The van der Waals surface area contributed by atoms with E-state index in [4.69, 9.17) is 0 Å². The first-order valence-corrected chi connectivity index (χ1v) is 18.3. The van der Waals surface area contributed by atoms with Crippen molar-refractivity contribution in [1.29, 1.82) is 0 Å². The number of rotatable bonds is 3. The van der Waals surface area contributed by atoms with Crippen LogP contribution in [-0.2, 0) is 11.8 Å². The van der Waals surface area contributed by atoms with Gasteiger partial charge in [0.2, 0.25) is 0 Å². The van der Waals surface area contributed by atoms with Gasteiger partial charge in [-0.25, -0.2) is 0 Å². The molecule has 49 heavy (non-hydrogen) atoms. The molecule has 1 atom stereocenters. The van der Waals surface area contributed by atoms with Gasteiger partial charge in [0.05, 0.1) is 0 Å². The molecular weight excluding hydrogens is 609 g/mol. The molecule has 0 radical (unpaired) electrons. The van der Waals surface area contributed by atoms with Crippen molar-refractivity contribution in [2.75, 3.05) is 0 Å². The first-order valence-electron chi connectivity index (χ1n) is 17.5. The Morgan fingerprint density at radius 2 is 1.16 bits per heavy atom. The van der Waals surface area contributed by atoms with Gasteiger partial charge in [-0.3, -0.25) is 0 Å². The molecule has 1 heterocycles. The highest BCUT2D eigenvalue weighted by atomic mass is 32.1. The van der Waals surface area contributed by atoms with Crippen LogP contribution < -0.4 is 0 Å². The Morgan fingerprint density at radius 3 is 1.94 bits per heavy atom. The van der Waals surface area contributed by atoms with Crippen LogP contribution in [0.5, 0.6) is 0 Å². The molecule has 2 aliphatic rings. The highest BCUT2D eigenvalue weighted by Crippen LogP contribution is 2.53. The van der Waals surface area contributed by atoms with Gasteiger partial charge in [0.15, 0.2) is 0 Å². The maximum absolute atomic E-state index is 2.55. The molecule has 0 fully saturated rings. The van der Waals surface area contributed by atoms with Crippen LogP contribution in [0.3, 0.4) is 0 Å². The molecule has 1 unspecified atom stereocenters. The predicted molar refractivity (Wildman–Crippen MR) is 210 cm³/mol. The van der Waals surface area contributed by atoms with E-state index in [1.54, 1.807) is 0 Å². The SMILES string of the molecule is CC1(C)c2ccc(C3CCc4ccc(-c5ccccc5)cc4-c4cc(-c5ccccc5)ccc43)cc2-c2cc3sc4ccccc4c3cc21. The zero-order chi connectivity index (χ0) is 32.7. The van der Waals surface area contributed by atoms with Crippen molar-refractivity contribution in [3.63, 3.8) is 0 Å². The number of benzene rings is 7. The standard InChI is InChI=1S/C48H36S/c1-48(2)44-24-21-35(27-41(44)42-29-47-43(28-45(42)48)38-15-9-10-16-46(38)49-47)36-22-19-32-17-18-33(30-11-5-3-6-12-30)25-39(32)40-26-34(20-23-37(36)40)31-13-7-4-8-14-31/h3-18,20-21,23-29,36H,19,22H2,1-2H3. The van der Waals surface area contributed by atoms with E-state index in [1.165, 1.54) is 92.5 Å². The molecule has 0 saturated carbocycles. The number of fused-ring (bicyclic) bond motifs is 9. The second kappa shape index (κ2) is 10.9. The van der Waals surface area contributed by atoms with Gasteiger partial charge in [-0.15, -0.1) is 11.3 Å². The molecule has 0 N–H and O–H groups in total. The summed E-state index contributed by atoms with van der Waals surface area (Å²) in [6.45, 7) is 4.81. The maximum Gasteiger partial charge on any atom is 0.0361 e. The molecule has 1 aromatic heterocycles. The highest BCUT2D eigenvalue weighted by molar-refractivity contribution is 7.25. The molecule has 8 aromatic rings. The fraction of sp³-hybridized carbons (Fsp3) is 0.125. The molecular formula is C48H36S. The first-order chi connectivity index (χ1) is 24.0. The zero-order valence-corrected chi connectivity index (χ0v) is 28.7. The number of hydrogen-bond acceptors (Lipinski definition) is 1. The lowest BCUT2D eigenvalue weighted by molar-refractivity contribution is 0.660. The molecule has 7 aromatic carbocycles. The minimum absolute atomic E-state index is 0.0452. The monoisotopic (exact) mass is 644 g/mol. The fourth-order valence-corrected chi connectivity index (χ4v) is 9.89. The van der Waals surface area contributed by atoms with Gasteiger partial charge in [-0.05, 0) is 115 Å². The van der Waals surface area contributed by atoms with E-state index < -0.39 is 0 Å². The van der Waals surface area contributed by atoms with Crippen LogP contribution in [0.2, 0.25) is 0 Å². The lowest BCUT2D eigenvalue weighted by atomic mass is 9.80. The molecule has 0 saturated heterocycles. The normalized spacial score (nSPS) is 15.8. The summed E-state index contributed by atoms with van der Waals surface area (Å²) in [6, 6.07) is 57.3. The summed E-state index contributed by atoms with van der Waals surface area (Å²) in [7, 11) is 0. The fourth-order valence-electron chi connectivity index (χ4n) is 8.76. The molecule has 0 spiro atoms. The lowest BCUT2D eigenvalue weighted by Crippen LogP contribution is -2.15. The van der Waals surface area contributed by atoms with Crippen molar-refractivity contribution >= 4 is 31.5 Å². The summed E-state index contributed by atoms with van der Waals surface area (Å²) >= 11 is 1.92. The zero-order valence-electron chi connectivity index (χ0n) is 27.8. The average Bonchev–Trinajstić information content (AvgIpc) is 3.55. The van der Waals surface area contributed by atoms with Crippen LogP contribution >= 0.6 is 11.3 Å². The molecule has 10 rings (SSSR count). The van der Waals surface area contributed by atoms with E-state index in [9.17, 15) is 0 Å². The van der Waals surface area contributed by atoms with E-state index in [1.807, 2.05) is 11.3 Å². The summed E-state index contributed by atoms with van der Waals surface area (Å²) in [5.41, 5.74) is 17.8. The van der Waals surface area contributed by atoms with Crippen LogP contribution in [0.15, 0.2) is 152 Å². The summed E-state index contributed by atoms with van der Waals surface area (Å²) in [4.78, 5) is 0. The van der Waals surface area contributed by atoms with Gasteiger partial charge in [0, 0.05) is 31.5 Å². The lowest BCUT2D eigenvalue weighted by Gasteiger charge is -2.23. The third kappa shape index (κ3) is 4.49. The van der Waals surface area contributed by atoms with Gasteiger partial charge in [-0.1, -0.05) is 135 Å². The molecule has 0 aliphatic heterocycles. The smallest absolute Gasteiger partial charge is 0.0361 e. The largest absolute Gasteiger partial charge is 0.135 e. The van der Waals surface area contributed by atoms with Crippen LogP contribution in [0.4, 0.5) is 0 Å². The maximum atomic E-state index is 2.55. The Balaban J connectivity index is 1.14. The molecule has 0 bridgehead atoms. The minimum atomic E-state index is -0.0452. The van der Waals surface area contributed by atoms with Crippen molar-refractivity contribution in [3.8, 4) is 44.5 Å². The van der Waals surface area contributed by atoms with Gasteiger partial charge >= 0.3 is 0 Å². The third-order valence-corrected chi connectivity index (χ3v) is 12.5. The predicted octanol–water partition coefficient (Wildman–Crippen LogP) is 13.4. The Kier molecular flexibility index (Phi) is 6.39. The first kappa shape index (κ1) is 28.7. The van der Waals surface area contributed by atoms with Gasteiger partial charge < -0.3 is 0 Å². The van der Waals surface area contributed by atoms with E-state index in [0.717, 1.165) is 12.8 Å². The summed E-state index contributed by atoms with van der Waals surface area (Å²) in [5, 5.41) is 2.76. The Bertz CT molecular complexity index is 2570. The van der Waals surface area contributed by atoms with Crippen LogP contribution in [0.1, 0.15) is 54.0 Å². The van der Waals surface area contributed by atoms with E-state index in [0.29, 0.717) is 5.92 Å². The van der Waals surface area contributed by atoms with Crippen molar-refractivity contribution in [1.82, 2.24) is 0 Å². The van der Waals surface area contributed by atoms with Crippen LogP contribution in [0.25, 0.3) is 64.7 Å². The third-order valence-electron chi connectivity index (χ3n) is 11.3. The van der Waals surface area contributed by atoms with Crippen molar-refractivity contribution in [2.24, 2.45) is 0 Å². The number of hydrogen-bond donors (Lipinski definition) is 0. The van der Waals surface area contributed by atoms with Crippen molar-refractivity contribution < 1.29 is 0 Å². The van der Waals surface area contributed by atoms with Gasteiger partial charge in [0.1, 0.15) is 0 Å². The Hall–Kier alpha value is -5.24. The molecule has 0 amide bonds. The van der Waals surface area contributed by atoms with Crippen LogP contribution in [0, 0.1) is 0 Å². The second-order valence-corrected chi connectivity index (χ2v) is 15.5. The average molecular weight is 645 g/mol. The molecule has 234 valence electrons. The van der Waals surface area contributed by atoms with E-state index in [-0.39, 0.29) is 5.41 Å². The molecule has 2 aliphatic carbocycles. The van der Waals surface area contributed by atoms with Gasteiger partial charge in [-0.2, -0.15) is 0 Å². The van der Waals surface area contributed by atoms with Crippen molar-refractivity contribution in [3.05, 3.63) is 179 Å². The summed E-state index contributed by atoms with van der Waals surface area (Å²) < 4.78 is 2.75. The van der Waals surface area contributed by atoms with Crippen molar-refractivity contribution in [2.45, 2.75) is 38.0 Å². The second-order valence-electron chi connectivity index (χ2n) is 14.4. The number of aryl methyl sites for hydroxylation is 1. The molecule has 1 heteroatoms. The van der Waals surface area contributed by atoms with Crippen LogP contribution in [-0.4, -0.2) is 0 Å². The quantitative estimate of drug-likeness (QED) is 0.180. The Labute approximate surface area is 292 Å². The highest BCUT2D eigenvalue weighted by Gasteiger charge is 2.37. The summed E-state index contributed by atoms with van der Waals surface area (Å²) in [5.74, 6) is 0.304. The Morgan fingerprint density at radius 1 is 0.490 bits per heavy atom.